The molecule has 4 atom stereocenters. The third-order valence-electron chi connectivity index (χ3n) is 6.28. The van der Waals surface area contributed by atoms with Gasteiger partial charge in [-0.15, -0.1) is 0 Å². The van der Waals surface area contributed by atoms with Crippen LogP contribution in [0.15, 0.2) is 0 Å². The zero-order valence-corrected chi connectivity index (χ0v) is 22.2. The molecule has 0 radical (unpaired) electrons. The molecular formula is C24H42N4O8. The summed E-state index contributed by atoms with van der Waals surface area (Å²) in [6.07, 6.45) is 2.05. The summed E-state index contributed by atoms with van der Waals surface area (Å²) in [4.78, 5) is 45.4. The number of carboxylic acids is 2. The highest BCUT2D eigenvalue weighted by molar-refractivity contribution is 6.27. The molecule has 4 unspecified atom stereocenters. The molecule has 0 aliphatic carbocycles. The van der Waals surface area contributed by atoms with Crippen molar-refractivity contribution in [2.45, 2.75) is 77.7 Å². The Bertz CT molecular complexity index is 741. The van der Waals surface area contributed by atoms with Crippen LogP contribution < -0.4 is 10.6 Å². The fourth-order valence-electron chi connectivity index (χ4n) is 4.51. The van der Waals surface area contributed by atoms with Crippen LogP contribution in [0.25, 0.3) is 0 Å². The van der Waals surface area contributed by atoms with Gasteiger partial charge in [-0.25, -0.2) is 19.2 Å². The number of rotatable bonds is 0. The molecule has 0 saturated carbocycles. The van der Waals surface area contributed by atoms with Gasteiger partial charge in [0.15, 0.2) is 0 Å². The summed E-state index contributed by atoms with van der Waals surface area (Å²) < 4.78 is 10.7. The number of hydrogen-bond donors (Lipinski definition) is 4. The van der Waals surface area contributed by atoms with Crippen molar-refractivity contribution in [3.8, 4) is 0 Å². The molecule has 4 N–H and O–H groups in total. The van der Waals surface area contributed by atoms with E-state index in [1.807, 2.05) is 51.3 Å². The first-order chi connectivity index (χ1) is 16.6. The number of hydrogen-bond acceptors (Lipinski definition) is 8. The van der Waals surface area contributed by atoms with Gasteiger partial charge in [-0.05, 0) is 79.3 Å². The molecule has 12 nitrogen and oxygen atoms in total. The SMILES string of the molecule is CC(C)(C)OC(=O)N1CC2CCNCC21.CC(C)(C)OC(=O)N1CC2CCNCC21.O=C(O)C(=O)O. The van der Waals surface area contributed by atoms with E-state index in [1.54, 1.807) is 0 Å². The third-order valence-corrected chi connectivity index (χ3v) is 6.28. The van der Waals surface area contributed by atoms with Gasteiger partial charge in [-0.1, -0.05) is 0 Å². The topological polar surface area (TPSA) is 158 Å². The predicted octanol–water partition coefficient (Wildman–Crippen LogP) is 1.59. The van der Waals surface area contributed by atoms with Gasteiger partial charge in [-0.3, -0.25) is 0 Å². The van der Waals surface area contributed by atoms with Crippen molar-refractivity contribution in [2.75, 3.05) is 39.3 Å². The minimum absolute atomic E-state index is 0.160. The molecule has 0 bridgehead atoms. The Morgan fingerprint density at radius 3 is 1.28 bits per heavy atom. The highest BCUT2D eigenvalue weighted by atomic mass is 16.6. The number of piperidine rings is 2. The number of likely N-dealkylation sites (tertiary alicyclic amines) is 2. The summed E-state index contributed by atoms with van der Waals surface area (Å²) in [6.45, 7) is 17.2. The van der Waals surface area contributed by atoms with Crippen molar-refractivity contribution >= 4 is 24.1 Å². The highest BCUT2D eigenvalue weighted by Crippen LogP contribution is 2.31. The number of amides is 2. The van der Waals surface area contributed by atoms with Crippen LogP contribution in [0.4, 0.5) is 9.59 Å². The van der Waals surface area contributed by atoms with E-state index in [1.165, 1.54) is 12.8 Å². The molecular weight excluding hydrogens is 472 g/mol. The van der Waals surface area contributed by atoms with Gasteiger partial charge >= 0.3 is 24.1 Å². The predicted molar refractivity (Wildman–Crippen MR) is 131 cm³/mol. The molecule has 4 aliphatic heterocycles. The van der Waals surface area contributed by atoms with Gasteiger partial charge in [-0.2, -0.15) is 0 Å². The Morgan fingerprint density at radius 2 is 1.03 bits per heavy atom. The maximum atomic E-state index is 11.8. The number of nitrogens with zero attached hydrogens (tertiary/aromatic N) is 2. The highest BCUT2D eigenvalue weighted by Gasteiger charge is 2.45. The van der Waals surface area contributed by atoms with Crippen molar-refractivity contribution in [3.05, 3.63) is 0 Å². The number of nitrogens with one attached hydrogen (secondary N) is 2. The molecule has 2 amide bonds. The summed E-state index contributed by atoms with van der Waals surface area (Å²) in [6, 6.07) is 0.738. The third kappa shape index (κ3) is 8.81. The maximum Gasteiger partial charge on any atom is 0.414 e. The molecule has 0 aromatic heterocycles. The van der Waals surface area contributed by atoms with E-state index in [4.69, 9.17) is 29.3 Å². The van der Waals surface area contributed by atoms with Crippen molar-refractivity contribution in [1.82, 2.24) is 20.4 Å². The molecule has 4 saturated heterocycles. The first-order valence-corrected chi connectivity index (χ1v) is 12.5. The lowest BCUT2D eigenvalue weighted by Crippen LogP contribution is -2.65. The Kier molecular flexibility index (Phi) is 9.95. The number of aliphatic carboxylic acids is 2. The molecule has 4 aliphatic rings. The second kappa shape index (κ2) is 12.1. The molecule has 36 heavy (non-hydrogen) atoms. The monoisotopic (exact) mass is 514 g/mol. The number of carbonyl (C=O) groups excluding carboxylic acids is 2. The minimum Gasteiger partial charge on any atom is -0.473 e. The number of fused-ring (bicyclic) bond motifs is 2. The second-order valence-corrected chi connectivity index (χ2v) is 11.5. The molecule has 4 rings (SSSR count). The second-order valence-electron chi connectivity index (χ2n) is 11.5. The summed E-state index contributed by atoms with van der Waals surface area (Å²) in [5.74, 6) is -2.26. The summed E-state index contributed by atoms with van der Waals surface area (Å²) in [5, 5.41) is 21.4. The lowest BCUT2D eigenvalue weighted by atomic mass is 9.83. The van der Waals surface area contributed by atoms with Crippen LogP contribution in [0.3, 0.4) is 0 Å². The zero-order valence-electron chi connectivity index (χ0n) is 22.2. The van der Waals surface area contributed by atoms with Gasteiger partial charge in [0.05, 0.1) is 12.1 Å². The van der Waals surface area contributed by atoms with Crippen molar-refractivity contribution in [1.29, 1.82) is 0 Å². The summed E-state index contributed by atoms with van der Waals surface area (Å²) in [7, 11) is 0. The van der Waals surface area contributed by atoms with Gasteiger partial charge in [0.2, 0.25) is 0 Å². The van der Waals surface area contributed by atoms with Crippen molar-refractivity contribution in [3.63, 3.8) is 0 Å². The zero-order chi connectivity index (χ0) is 27.3. The van der Waals surface area contributed by atoms with Gasteiger partial charge in [0, 0.05) is 26.2 Å². The van der Waals surface area contributed by atoms with Crippen LogP contribution >= 0.6 is 0 Å². The van der Waals surface area contributed by atoms with Crippen molar-refractivity contribution < 1.29 is 38.9 Å². The Hall–Kier alpha value is -2.60. The summed E-state index contributed by atoms with van der Waals surface area (Å²) >= 11 is 0. The lowest BCUT2D eigenvalue weighted by molar-refractivity contribution is -0.159. The van der Waals surface area contributed by atoms with E-state index in [9.17, 15) is 9.59 Å². The van der Waals surface area contributed by atoms with Crippen LogP contribution in [0.1, 0.15) is 54.4 Å². The normalized spacial score (nSPS) is 26.6. The molecule has 0 aromatic rings. The van der Waals surface area contributed by atoms with Crippen LogP contribution in [0.2, 0.25) is 0 Å². The number of carbonyl (C=O) groups is 4. The minimum atomic E-state index is -1.82. The average Bonchev–Trinajstić information content (AvgIpc) is 2.68. The lowest BCUT2D eigenvalue weighted by Gasteiger charge is -2.50. The molecule has 4 heterocycles. The molecule has 0 aromatic carbocycles. The maximum absolute atomic E-state index is 11.8. The average molecular weight is 515 g/mol. The van der Waals surface area contributed by atoms with E-state index in [0.717, 1.165) is 39.3 Å². The first kappa shape index (κ1) is 29.6. The van der Waals surface area contributed by atoms with Gasteiger partial charge in [0.25, 0.3) is 0 Å². The van der Waals surface area contributed by atoms with Crippen molar-refractivity contribution in [2.24, 2.45) is 11.8 Å². The van der Waals surface area contributed by atoms with Crippen LogP contribution in [-0.2, 0) is 19.1 Å². The smallest absolute Gasteiger partial charge is 0.414 e. The molecule has 12 heteroatoms. The molecule has 0 spiro atoms. The summed E-state index contributed by atoms with van der Waals surface area (Å²) in [5.41, 5.74) is -0.769. The molecule has 206 valence electrons. The van der Waals surface area contributed by atoms with Gasteiger partial charge in [0.1, 0.15) is 11.2 Å². The first-order valence-electron chi connectivity index (χ1n) is 12.5. The Balaban J connectivity index is 0.000000208. The molecule has 4 fully saturated rings. The number of carboxylic acid groups (broad SMARTS) is 2. The Morgan fingerprint density at radius 1 is 0.694 bits per heavy atom. The van der Waals surface area contributed by atoms with Gasteiger partial charge < -0.3 is 40.1 Å². The van der Waals surface area contributed by atoms with Crippen LogP contribution in [0, 0.1) is 11.8 Å². The van der Waals surface area contributed by atoms with Crippen LogP contribution in [0.5, 0.6) is 0 Å². The quantitative estimate of drug-likeness (QED) is 0.350. The fraction of sp³-hybridized carbons (Fsp3) is 0.833. The van der Waals surface area contributed by atoms with E-state index >= 15 is 0 Å². The van der Waals surface area contributed by atoms with E-state index in [2.05, 4.69) is 10.6 Å². The van der Waals surface area contributed by atoms with E-state index in [-0.39, 0.29) is 23.4 Å². The Labute approximate surface area is 212 Å². The van der Waals surface area contributed by atoms with E-state index < -0.39 is 11.9 Å². The van der Waals surface area contributed by atoms with E-state index in [0.29, 0.717) is 23.9 Å². The van der Waals surface area contributed by atoms with Crippen LogP contribution in [-0.4, -0.2) is 107 Å². The number of ether oxygens (including phenoxy) is 2. The standard InChI is InChI=1S/2C11H20N2O2.C2H2O4/c2*1-11(2,3)15-10(14)13-7-8-4-5-12-6-9(8)13;3-1(4)2(5)6/h2*8-9,12H,4-7H2,1-3H3;(H,3,4)(H,5,6). The largest absolute Gasteiger partial charge is 0.473 e. The fourth-order valence-corrected chi connectivity index (χ4v) is 4.51.